The number of halogens is 1. The first-order chi connectivity index (χ1) is 16.0. The van der Waals surface area contributed by atoms with Crippen LogP contribution in [0, 0.1) is 5.92 Å². The van der Waals surface area contributed by atoms with Crippen molar-refractivity contribution in [3.05, 3.63) is 28.7 Å². The molecule has 0 aromatic heterocycles. The Kier molecular flexibility index (Phi) is 8.21. The third kappa shape index (κ3) is 6.93. The number of carbonyl (C=O) groups excluding carboxylic acids is 5. The number of carbonyl (C=O) groups is 5. The Bertz CT molecular complexity index is 1020. The average molecular weight is 554 g/mol. The Balaban J connectivity index is 2.13. The molecule has 4 N–H and O–H groups in total. The van der Waals surface area contributed by atoms with Crippen LogP contribution in [0.5, 0.6) is 0 Å². The van der Waals surface area contributed by atoms with Crippen LogP contribution in [0.4, 0.5) is 15.3 Å². The summed E-state index contributed by atoms with van der Waals surface area (Å²) < 4.78 is 6.16. The van der Waals surface area contributed by atoms with E-state index in [9.17, 15) is 24.0 Å². The average Bonchev–Trinajstić information content (AvgIpc) is 2.93. The predicted octanol–water partition coefficient (Wildman–Crippen LogP) is 3.06. The zero-order valence-electron chi connectivity index (χ0n) is 20.9. The number of nitrogens with one attached hydrogen (secondary N) is 4. The molecule has 2 rings (SSSR count). The lowest BCUT2D eigenvalue weighted by Gasteiger charge is -2.33. The monoisotopic (exact) mass is 553 g/mol. The number of amides is 6. The van der Waals surface area contributed by atoms with E-state index in [1.54, 1.807) is 58.9 Å². The molecule has 1 aliphatic heterocycles. The number of anilines is 1. The van der Waals surface area contributed by atoms with Crippen molar-refractivity contribution in [1.82, 2.24) is 21.1 Å². The van der Waals surface area contributed by atoms with Gasteiger partial charge < -0.3 is 20.7 Å². The van der Waals surface area contributed by atoms with E-state index in [-0.39, 0.29) is 0 Å². The van der Waals surface area contributed by atoms with E-state index in [0.717, 1.165) is 4.47 Å². The fourth-order valence-corrected chi connectivity index (χ4v) is 3.57. The molecule has 1 saturated heterocycles. The molecule has 0 bridgehead atoms. The van der Waals surface area contributed by atoms with Gasteiger partial charge in [-0.25, -0.2) is 19.8 Å². The van der Waals surface area contributed by atoms with E-state index >= 15 is 0 Å². The molecule has 192 valence electrons. The highest BCUT2D eigenvalue weighted by Gasteiger charge is 2.55. The van der Waals surface area contributed by atoms with Gasteiger partial charge in [-0.1, -0.05) is 29.8 Å². The molecule has 0 aliphatic carbocycles. The van der Waals surface area contributed by atoms with Crippen molar-refractivity contribution in [3.63, 3.8) is 0 Å². The van der Waals surface area contributed by atoms with Gasteiger partial charge in [-0.05, 0) is 64.8 Å². The smallest absolute Gasteiger partial charge is 0.344 e. The molecule has 12 heteroatoms. The molecule has 1 unspecified atom stereocenters. The highest BCUT2D eigenvalue weighted by atomic mass is 79.9. The van der Waals surface area contributed by atoms with Crippen molar-refractivity contribution in [2.45, 2.75) is 71.6 Å². The highest BCUT2D eigenvalue weighted by Crippen LogP contribution is 2.29. The summed E-state index contributed by atoms with van der Waals surface area (Å²) >= 11 is 3.29. The van der Waals surface area contributed by atoms with Crippen molar-refractivity contribution >= 4 is 51.5 Å². The molecule has 0 spiro atoms. The van der Waals surface area contributed by atoms with Crippen molar-refractivity contribution in [2.75, 3.05) is 5.32 Å². The molecule has 1 aromatic carbocycles. The summed E-state index contributed by atoms with van der Waals surface area (Å²) in [6, 6.07) is 4.99. The normalized spacial score (nSPS) is 18.3. The third-order valence-electron chi connectivity index (χ3n) is 5.22. The van der Waals surface area contributed by atoms with Gasteiger partial charge in [0.25, 0.3) is 5.91 Å². The standard InChI is InChI=1S/C23H32BrN5O6/c1-13(2)23(12-16(30)26-22(6,7)18(32)35-21(3,4)5)17(31)29(20(34)27-23)28-19(33)25-15-10-8-14(24)9-11-15/h8-11,13H,12H2,1-7H3,(H,26,30)(H,27,34)(H2,25,28,33). The van der Waals surface area contributed by atoms with Gasteiger partial charge in [-0.15, -0.1) is 0 Å². The van der Waals surface area contributed by atoms with Crippen LogP contribution in [0.15, 0.2) is 28.7 Å². The Morgan fingerprint density at radius 3 is 2.17 bits per heavy atom. The molecular weight excluding hydrogens is 522 g/mol. The first-order valence-electron chi connectivity index (χ1n) is 11.0. The number of rotatable bonds is 7. The Morgan fingerprint density at radius 1 is 1.09 bits per heavy atom. The third-order valence-corrected chi connectivity index (χ3v) is 5.75. The highest BCUT2D eigenvalue weighted by molar-refractivity contribution is 9.10. The van der Waals surface area contributed by atoms with Crippen molar-refractivity contribution in [1.29, 1.82) is 0 Å². The molecule has 35 heavy (non-hydrogen) atoms. The number of urea groups is 2. The lowest BCUT2D eigenvalue weighted by Crippen LogP contribution is -2.58. The van der Waals surface area contributed by atoms with Gasteiger partial charge in [0.1, 0.15) is 16.7 Å². The van der Waals surface area contributed by atoms with Gasteiger partial charge >= 0.3 is 18.0 Å². The molecule has 11 nitrogen and oxygen atoms in total. The van der Waals surface area contributed by atoms with Crippen molar-refractivity contribution in [3.8, 4) is 0 Å². The maximum Gasteiger partial charge on any atom is 0.344 e. The summed E-state index contributed by atoms with van der Waals surface area (Å²) in [5.41, 5.74) is -1.10. The Hall–Kier alpha value is -3.15. The zero-order chi connectivity index (χ0) is 26.8. The van der Waals surface area contributed by atoms with E-state index in [2.05, 4.69) is 37.3 Å². The second-order valence-corrected chi connectivity index (χ2v) is 11.0. The lowest BCUT2D eigenvalue weighted by molar-refractivity contribution is -0.163. The number of hydrogen-bond acceptors (Lipinski definition) is 6. The predicted molar refractivity (Wildman–Crippen MR) is 132 cm³/mol. The van der Waals surface area contributed by atoms with E-state index in [1.165, 1.54) is 13.8 Å². The summed E-state index contributed by atoms with van der Waals surface area (Å²) in [6.07, 6.45) is -0.450. The maximum atomic E-state index is 13.3. The number of ether oxygens (including phenoxy) is 1. The fourth-order valence-electron chi connectivity index (χ4n) is 3.31. The van der Waals surface area contributed by atoms with E-state index in [0.29, 0.717) is 10.7 Å². The lowest BCUT2D eigenvalue weighted by atomic mass is 9.82. The topological polar surface area (TPSA) is 146 Å². The number of nitrogens with zero attached hydrogens (tertiary/aromatic N) is 1. The number of hydrogen-bond donors (Lipinski definition) is 4. The first-order valence-corrected chi connectivity index (χ1v) is 11.8. The number of imide groups is 1. The molecule has 1 heterocycles. The van der Waals surface area contributed by atoms with Gasteiger partial charge in [0.15, 0.2) is 0 Å². The largest absolute Gasteiger partial charge is 0.458 e. The van der Waals surface area contributed by atoms with Crippen LogP contribution in [0.1, 0.15) is 54.9 Å². The van der Waals surface area contributed by atoms with Gasteiger partial charge in [-0.2, -0.15) is 5.01 Å². The first kappa shape index (κ1) is 28.1. The SMILES string of the molecule is CC(C)C1(CC(=O)NC(C)(C)C(=O)OC(C)(C)C)NC(=O)N(NC(=O)Nc2ccc(Br)cc2)C1=O. The fraction of sp³-hybridized carbons (Fsp3) is 0.522. The molecule has 1 fully saturated rings. The molecule has 1 atom stereocenters. The van der Waals surface area contributed by atoms with Crippen LogP contribution in [0.3, 0.4) is 0 Å². The molecule has 0 saturated carbocycles. The number of hydrazine groups is 1. The van der Waals surface area contributed by atoms with E-state index in [1.807, 2.05) is 0 Å². The van der Waals surface area contributed by atoms with Crippen LogP contribution in [0.2, 0.25) is 0 Å². The Morgan fingerprint density at radius 2 is 1.66 bits per heavy atom. The molecular formula is C23H32BrN5O6. The van der Waals surface area contributed by atoms with Crippen molar-refractivity contribution in [2.24, 2.45) is 5.92 Å². The number of benzene rings is 1. The van der Waals surface area contributed by atoms with Crippen molar-refractivity contribution < 1.29 is 28.7 Å². The van der Waals surface area contributed by atoms with Crippen LogP contribution in [0.25, 0.3) is 0 Å². The van der Waals surface area contributed by atoms with Gasteiger partial charge in [-0.3, -0.25) is 9.59 Å². The summed E-state index contributed by atoms with van der Waals surface area (Å²) in [6.45, 7) is 11.4. The van der Waals surface area contributed by atoms with E-state index in [4.69, 9.17) is 4.74 Å². The minimum atomic E-state index is -1.63. The molecule has 0 radical (unpaired) electrons. The zero-order valence-corrected chi connectivity index (χ0v) is 22.5. The molecule has 6 amide bonds. The van der Waals surface area contributed by atoms with E-state index < -0.39 is 58.9 Å². The van der Waals surface area contributed by atoms with Gasteiger partial charge in [0, 0.05) is 10.2 Å². The minimum absolute atomic E-state index is 0.441. The van der Waals surface area contributed by atoms with Crippen LogP contribution in [-0.4, -0.2) is 51.5 Å². The second-order valence-electron chi connectivity index (χ2n) is 10.1. The summed E-state index contributed by atoms with van der Waals surface area (Å²) in [4.78, 5) is 63.6. The molecule has 1 aliphatic rings. The number of esters is 1. The van der Waals surface area contributed by atoms with Crippen LogP contribution in [-0.2, 0) is 19.1 Å². The second kappa shape index (κ2) is 10.2. The maximum absolute atomic E-state index is 13.3. The van der Waals surface area contributed by atoms with Gasteiger partial charge in [0.2, 0.25) is 5.91 Å². The molecule has 1 aromatic rings. The summed E-state index contributed by atoms with van der Waals surface area (Å²) in [7, 11) is 0. The Labute approximate surface area is 212 Å². The quantitative estimate of drug-likeness (QED) is 0.301. The summed E-state index contributed by atoms with van der Waals surface area (Å²) in [5, 5.41) is 8.18. The van der Waals surface area contributed by atoms with Gasteiger partial charge in [0.05, 0.1) is 6.42 Å². The minimum Gasteiger partial charge on any atom is -0.458 e. The summed E-state index contributed by atoms with van der Waals surface area (Å²) in [5.74, 6) is -2.61. The van der Waals surface area contributed by atoms with Crippen LogP contribution < -0.4 is 21.4 Å². The van der Waals surface area contributed by atoms with Crippen LogP contribution >= 0.6 is 15.9 Å².